The van der Waals surface area contributed by atoms with Crippen LogP contribution in [0.1, 0.15) is 18.5 Å². The molecule has 0 aliphatic carbocycles. The van der Waals surface area contributed by atoms with E-state index in [9.17, 15) is 18.0 Å². The smallest absolute Gasteiger partial charge is 0.348 e. The van der Waals surface area contributed by atoms with Crippen LogP contribution in [-0.2, 0) is 6.54 Å². The van der Waals surface area contributed by atoms with Crippen molar-refractivity contribution in [1.82, 2.24) is 14.5 Å². The topological polar surface area (TPSA) is 59.8 Å². The average molecular weight is 383 g/mol. The number of nitrogens with zero attached hydrogens (tertiary/aromatic N) is 3. The van der Waals surface area contributed by atoms with E-state index in [1.165, 1.54) is 12.3 Å². The van der Waals surface area contributed by atoms with Crippen molar-refractivity contribution in [2.75, 3.05) is 5.32 Å². The number of fused-ring (bicyclic) bond motifs is 1. The lowest BCUT2D eigenvalue weighted by atomic mass is 10.1. The number of anilines is 1. The van der Waals surface area contributed by atoms with Gasteiger partial charge < -0.3 is 5.32 Å². The monoisotopic (exact) mass is 382 g/mol. The Balaban J connectivity index is 1.96. The zero-order valence-electron chi connectivity index (χ0n) is 13.6. The molecule has 0 saturated carbocycles. The van der Waals surface area contributed by atoms with Crippen LogP contribution in [0.2, 0.25) is 5.02 Å². The van der Waals surface area contributed by atoms with Crippen LogP contribution in [-0.4, -0.2) is 20.7 Å². The summed E-state index contributed by atoms with van der Waals surface area (Å²) < 4.78 is 38.9. The molecule has 2 heterocycles. The van der Waals surface area contributed by atoms with E-state index < -0.39 is 18.3 Å². The van der Waals surface area contributed by atoms with Crippen LogP contribution in [0, 0.1) is 0 Å². The lowest BCUT2D eigenvalue weighted by Crippen LogP contribution is -2.28. The summed E-state index contributed by atoms with van der Waals surface area (Å²) in [4.78, 5) is 20.1. The fraction of sp³-hybridized carbons (Fsp3) is 0.235. The van der Waals surface area contributed by atoms with Crippen molar-refractivity contribution in [2.24, 2.45) is 0 Å². The highest BCUT2D eigenvalue weighted by molar-refractivity contribution is 6.30. The minimum atomic E-state index is -4.53. The van der Waals surface area contributed by atoms with Crippen molar-refractivity contribution < 1.29 is 13.2 Å². The second-order valence-electron chi connectivity index (χ2n) is 5.76. The van der Waals surface area contributed by atoms with Crippen LogP contribution in [0.3, 0.4) is 0 Å². The molecule has 0 amide bonds. The molecular formula is C17H14ClF3N4O. The molecule has 136 valence electrons. The standard InChI is InChI=1S/C17H14ClF3N4O/c1-10(11-2-5-13(18)6-3-11)23-16-22-8-12-4-7-14(26)25(15(12)24-16)9-17(19,20)21/h2-8,10H,9H2,1H3,(H,22,23,24)/t10-/m0/s1. The van der Waals surface area contributed by atoms with Crippen LogP contribution >= 0.6 is 11.6 Å². The molecule has 0 spiro atoms. The Morgan fingerprint density at radius 3 is 2.54 bits per heavy atom. The van der Waals surface area contributed by atoms with Crippen molar-refractivity contribution in [2.45, 2.75) is 25.7 Å². The zero-order valence-corrected chi connectivity index (χ0v) is 14.3. The molecule has 1 N–H and O–H groups in total. The highest BCUT2D eigenvalue weighted by Gasteiger charge is 2.29. The van der Waals surface area contributed by atoms with Crippen LogP contribution in [0.5, 0.6) is 0 Å². The van der Waals surface area contributed by atoms with Gasteiger partial charge in [-0.2, -0.15) is 18.2 Å². The summed E-state index contributed by atoms with van der Waals surface area (Å²) in [7, 11) is 0. The molecule has 0 radical (unpaired) electrons. The highest BCUT2D eigenvalue weighted by Crippen LogP contribution is 2.22. The predicted octanol–water partition coefficient (Wildman–Crippen LogP) is 4.18. The Labute approximate surface area is 151 Å². The molecule has 1 aromatic carbocycles. The van der Waals surface area contributed by atoms with Crippen molar-refractivity contribution in [3.63, 3.8) is 0 Å². The third-order valence-corrected chi connectivity index (χ3v) is 4.03. The maximum atomic E-state index is 12.8. The lowest BCUT2D eigenvalue weighted by Gasteiger charge is -2.16. The van der Waals surface area contributed by atoms with Crippen LogP contribution in [0.4, 0.5) is 19.1 Å². The quantitative estimate of drug-likeness (QED) is 0.735. The molecule has 9 heteroatoms. The van der Waals surface area contributed by atoms with Crippen molar-refractivity contribution in [3.05, 3.63) is 63.5 Å². The van der Waals surface area contributed by atoms with Gasteiger partial charge in [-0.3, -0.25) is 9.36 Å². The molecule has 0 bridgehead atoms. The van der Waals surface area contributed by atoms with Crippen LogP contribution in [0.25, 0.3) is 11.0 Å². The molecule has 1 atom stereocenters. The average Bonchev–Trinajstić information content (AvgIpc) is 2.57. The van der Waals surface area contributed by atoms with Gasteiger partial charge in [0.05, 0.1) is 6.04 Å². The molecular weight excluding hydrogens is 369 g/mol. The zero-order chi connectivity index (χ0) is 18.9. The van der Waals surface area contributed by atoms with Crippen LogP contribution < -0.4 is 10.9 Å². The fourth-order valence-electron chi connectivity index (χ4n) is 2.50. The highest BCUT2D eigenvalue weighted by atomic mass is 35.5. The molecule has 0 aliphatic rings. The maximum absolute atomic E-state index is 12.8. The van der Waals surface area contributed by atoms with Gasteiger partial charge in [-0.1, -0.05) is 23.7 Å². The number of nitrogens with one attached hydrogen (secondary N) is 1. The van der Waals surface area contributed by atoms with Gasteiger partial charge in [0, 0.05) is 22.7 Å². The Bertz CT molecular complexity index is 986. The number of alkyl halides is 3. The molecule has 26 heavy (non-hydrogen) atoms. The minimum absolute atomic E-state index is 0.0735. The van der Waals surface area contributed by atoms with E-state index in [0.29, 0.717) is 15.0 Å². The normalized spacial score (nSPS) is 13.0. The first-order chi connectivity index (χ1) is 12.2. The third-order valence-electron chi connectivity index (χ3n) is 3.78. The molecule has 0 fully saturated rings. The van der Waals surface area contributed by atoms with Gasteiger partial charge in [-0.25, -0.2) is 4.98 Å². The van der Waals surface area contributed by atoms with E-state index >= 15 is 0 Å². The number of aromatic nitrogens is 3. The fourth-order valence-corrected chi connectivity index (χ4v) is 2.63. The lowest BCUT2D eigenvalue weighted by molar-refractivity contribution is -0.140. The van der Waals surface area contributed by atoms with E-state index in [1.54, 1.807) is 12.1 Å². The maximum Gasteiger partial charge on any atom is 0.406 e. The van der Waals surface area contributed by atoms with E-state index in [0.717, 1.165) is 11.6 Å². The van der Waals surface area contributed by atoms with E-state index in [1.807, 2.05) is 19.1 Å². The Hall–Kier alpha value is -2.61. The summed E-state index contributed by atoms with van der Waals surface area (Å²) in [5.74, 6) is 0.126. The first-order valence-corrected chi connectivity index (χ1v) is 8.06. The van der Waals surface area contributed by atoms with Gasteiger partial charge in [0.25, 0.3) is 5.56 Å². The summed E-state index contributed by atoms with van der Waals surface area (Å²) in [5.41, 5.74) is 0.0553. The van der Waals surface area contributed by atoms with Crippen LogP contribution in [0.15, 0.2) is 47.4 Å². The second kappa shape index (κ2) is 6.95. The molecule has 0 aliphatic heterocycles. The van der Waals surface area contributed by atoms with Gasteiger partial charge in [-0.15, -0.1) is 0 Å². The molecule has 2 aromatic heterocycles. The molecule has 3 aromatic rings. The summed E-state index contributed by atoms with van der Waals surface area (Å²) >= 11 is 5.86. The molecule has 5 nitrogen and oxygen atoms in total. The largest absolute Gasteiger partial charge is 0.406 e. The molecule has 0 unspecified atom stereocenters. The number of hydrogen-bond donors (Lipinski definition) is 1. The van der Waals surface area contributed by atoms with Gasteiger partial charge in [0.1, 0.15) is 12.2 Å². The van der Waals surface area contributed by atoms with Crippen molar-refractivity contribution in [1.29, 1.82) is 0 Å². The predicted molar refractivity (Wildman–Crippen MR) is 93.3 cm³/mol. The van der Waals surface area contributed by atoms with Gasteiger partial charge in [0.2, 0.25) is 5.95 Å². The number of hydrogen-bond acceptors (Lipinski definition) is 4. The Morgan fingerprint density at radius 1 is 1.19 bits per heavy atom. The minimum Gasteiger partial charge on any atom is -0.348 e. The Morgan fingerprint density at radius 2 is 1.88 bits per heavy atom. The van der Waals surface area contributed by atoms with Gasteiger partial charge in [0.15, 0.2) is 0 Å². The summed E-state index contributed by atoms with van der Waals surface area (Å²) in [6.45, 7) is 0.441. The van der Waals surface area contributed by atoms with E-state index in [4.69, 9.17) is 11.6 Å². The number of pyridine rings is 1. The second-order valence-corrected chi connectivity index (χ2v) is 6.20. The first-order valence-electron chi connectivity index (χ1n) is 7.68. The van der Waals surface area contributed by atoms with Gasteiger partial charge in [-0.05, 0) is 30.7 Å². The molecule has 3 rings (SSSR count). The summed E-state index contributed by atoms with van der Waals surface area (Å²) in [6, 6.07) is 9.37. The number of benzene rings is 1. The Kier molecular flexibility index (Phi) is 4.86. The summed E-state index contributed by atoms with van der Waals surface area (Å²) in [6.07, 6.45) is -3.15. The van der Waals surface area contributed by atoms with Crippen molar-refractivity contribution >= 4 is 28.6 Å². The van der Waals surface area contributed by atoms with E-state index in [-0.39, 0.29) is 17.6 Å². The number of rotatable bonds is 4. The summed E-state index contributed by atoms with van der Waals surface area (Å²) in [5, 5.41) is 3.96. The third kappa shape index (κ3) is 4.13. The van der Waals surface area contributed by atoms with Gasteiger partial charge >= 0.3 is 6.18 Å². The van der Waals surface area contributed by atoms with E-state index in [2.05, 4.69) is 15.3 Å². The first kappa shape index (κ1) is 18.2. The van der Waals surface area contributed by atoms with Crippen molar-refractivity contribution in [3.8, 4) is 0 Å². The number of halogens is 4. The SMILES string of the molecule is C[C@H](Nc1ncc2ccc(=O)n(CC(F)(F)F)c2n1)c1ccc(Cl)cc1. The molecule has 0 saturated heterocycles.